The Morgan fingerprint density at radius 1 is 1.20 bits per heavy atom. The Balaban J connectivity index is 1.32. The fraction of sp³-hybridized carbons (Fsp3) is 0.389. The first-order chi connectivity index (χ1) is 12.3. The van der Waals surface area contributed by atoms with Gasteiger partial charge in [0.2, 0.25) is 0 Å². The van der Waals surface area contributed by atoms with E-state index in [0.717, 1.165) is 37.5 Å². The molecule has 1 N–H and O–H groups in total. The minimum Gasteiger partial charge on any atom is -0.372 e. The van der Waals surface area contributed by atoms with Gasteiger partial charge in [0.1, 0.15) is 18.8 Å². The van der Waals surface area contributed by atoms with Gasteiger partial charge < -0.3 is 10.1 Å². The lowest BCUT2D eigenvalue weighted by molar-refractivity contribution is 0.0838. The van der Waals surface area contributed by atoms with Crippen molar-refractivity contribution in [3.05, 3.63) is 60.4 Å². The fourth-order valence-electron chi connectivity index (χ4n) is 3.34. The molecule has 25 heavy (non-hydrogen) atoms. The molecule has 2 aromatic heterocycles. The molecular formula is C18H22N6O. The highest BCUT2D eigenvalue weighted by Gasteiger charge is 2.31. The highest BCUT2D eigenvalue weighted by Crippen LogP contribution is 2.33. The third-order valence-corrected chi connectivity index (χ3v) is 4.72. The van der Waals surface area contributed by atoms with E-state index >= 15 is 0 Å². The van der Waals surface area contributed by atoms with Crippen molar-refractivity contribution in [2.24, 2.45) is 13.0 Å². The summed E-state index contributed by atoms with van der Waals surface area (Å²) in [5.41, 5.74) is 3.42. The van der Waals surface area contributed by atoms with Crippen LogP contribution < -0.4 is 5.32 Å². The normalized spacial score (nSPS) is 20.2. The van der Waals surface area contributed by atoms with Gasteiger partial charge in [0.05, 0.1) is 11.4 Å². The Labute approximate surface area is 146 Å². The molecule has 7 heteroatoms. The number of aromatic nitrogens is 5. The molecule has 0 radical (unpaired) electrons. The summed E-state index contributed by atoms with van der Waals surface area (Å²) < 4.78 is 9.60. The molecule has 1 fully saturated rings. The molecule has 3 heterocycles. The van der Waals surface area contributed by atoms with Crippen molar-refractivity contribution in [2.75, 3.05) is 13.2 Å². The largest absolute Gasteiger partial charge is 0.372 e. The quantitative estimate of drug-likeness (QED) is 0.743. The number of nitrogens with one attached hydrogen (secondary N) is 1. The molecule has 130 valence electrons. The van der Waals surface area contributed by atoms with Gasteiger partial charge in [-0.2, -0.15) is 10.2 Å². The number of hydrogen-bond donors (Lipinski definition) is 1. The highest BCUT2D eigenvalue weighted by molar-refractivity contribution is 5.33. The van der Waals surface area contributed by atoms with Gasteiger partial charge in [-0.05, 0) is 30.2 Å². The van der Waals surface area contributed by atoms with E-state index in [-0.39, 0.29) is 6.10 Å². The molecule has 1 aliphatic rings. The predicted octanol–water partition coefficient (Wildman–Crippen LogP) is 1.87. The molecule has 4 rings (SSSR count). The van der Waals surface area contributed by atoms with Gasteiger partial charge in [0, 0.05) is 38.9 Å². The van der Waals surface area contributed by atoms with Crippen LogP contribution in [-0.2, 0) is 18.3 Å². The minimum absolute atomic E-state index is 0.134. The number of nitrogens with zero attached hydrogens (tertiary/aromatic N) is 5. The maximum absolute atomic E-state index is 5.93. The monoisotopic (exact) mass is 338 g/mol. The average Bonchev–Trinajstić information content (AvgIpc) is 3.37. The van der Waals surface area contributed by atoms with Crippen molar-refractivity contribution in [1.82, 2.24) is 29.9 Å². The van der Waals surface area contributed by atoms with Crippen LogP contribution in [0.1, 0.15) is 23.8 Å². The molecule has 1 aromatic carbocycles. The summed E-state index contributed by atoms with van der Waals surface area (Å²) >= 11 is 0. The summed E-state index contributed by atoms with van der Waals surface area (Å²) in [5, 5.41) is 12.0. The van der Waals surface area contributed by atoms with Crippen molar-refractivity contribution < 1.29 is 4.74 Å². The van der Waals surface area contributed by atoms with Gasteiger partial charge in [0.15, 0.2) is 0 Å². The number of benzene rings is 1. The Morgan fingerprint density at radius 2 is 2.08 bits per heavy atom. The zero-order valence-corrected chi connectivity index (χ0v) is 14.2. The lowest BCUT2D eigenvalue weighted by atomic mass is 9.99. The van der Waals surface area contributed by atoms with Crippen LogP contribution in [0.3, 0.4) is 0 Å². The van der Waals surface area contributed by atoms with Crippen molar-refractivity contribution in [2.45, 2.75) is 19.1 Å². The summed E-state index contributed by atoms with van der Waals surface area (Å²) in [7, 11) is 1.97. The molecule has 0 amide bonds. The second kappa shape index (κ2) is 7.16. The summed E-state index contributed by atoms with van der Waals surface area (Å²) in [5.74, 6) is 0.477. The van der Waals surface area contributed by atoms with Crippen LogP contribution in [0.5, 0.6) is 0 Å². The van der Waals surface area contributed by atoms with E-state index in [1.807, 2.05) is 24.0 Å². The molecule has 0 spiro atoms. The summed E-state index contributed by atoms with van der Waals surface area (Å²) in [6.45, 7) is 2.59. The van der Waals surface area contributed by atoms with Gasteiger partial charge >= 0.3 is 0 Å². The molecule has 0 unspecified atom stereocenters. The standard InChI is InChI=1S/C18H22N6O/c1-23-17(6-8-21-23)18-15(7-9-25-18)11-19-10-14-2-4-16(5-3-14)24-13-20-12-22-24/h2-6,8,12-13,15,18-19H,7,9-11H2,1H3/t15-,18+/m0/s1. The van der Waals surface area contributed by atoms with Crippen LogP contribution in [0, 0.1) is 5.92 Å². The third kappa shape index (κ3) is 3.47. The van der Waals surface area contributed by atoms with E-state index in [4.69, 9.17) is 4.74 Å². The lowest BCUT2D eigenvalue weighted by Crippen LogP contribution is -2.25. The summed E-state index contributed by atoms with van der Waals surface area (Å²) in [4.78, 5) is 3.97. The molecule has 1 saturated heterocycles. The summed E-state index contributed by atoms with van der Waals surface area (Å²) in [6.07, 6.45) is 6.28. The maximum atomic E-state index is 5.93. The predicted molar refractivity (Wildman–Crippen MR) is 93.1 cm³/mol. The van der Waals surface area contributed by atoms with Crippen LogP contribution in [0.15, 0.2) is 49.2 Å². The first-order valence-corrected chi connectivity index (χ1v) is 8.55. The van der Waals surface area contributed by atoms with Crippen molar-refractivity contribution in [3.8, 4) is 5.69 Å². The van der Waals surface area contributed by atoms with Gasteiger partial charge in [-0.25, -0.2) is 9.67 Å². The van der Waals surface area contributed by atoms with E-state index in [9.17, 15) is 0 Å². The average molecular weight is 338 g/mol. The SMILES string of the molecule is Cn1nccc1[C@@H]1OCC[C@H]1CNCc1ccc(-n2cncn2)cc1. The van der Waals surface area contributed by atoms with E-state index in [1.54, 1.807) is 11.0 Å². The van der Waals surface area contributed by atoms with Crippen LogP contribution in [-0.4, -0.2) is 37.7 Å². The Morgan fingerprint density at radius 3 is 2.80 bits per heavy atom. The topological polar surface area (TPSA) is 69.8 Å². The smallest absolute Gasteiger partial charge is 0.138 e. The van der Waals surface area contributed by atoms with Crippen LogP contribution in [0.2, 0.25) is 0 Å². The molecule has 3 aromatic rings. The number of ether oxygens (including phenoxy) is 1. The van der Waals surface area contributed by atoms with E-state index in [0.29, 0.717) is 5.92 Å². The number of aryl methyl sites for hydroxylation is 1. The zero-order chi connectivity index (χ0) is 17.1. The van der Waals surface area contributed by atoms with Gasteiger partial charge in [-0.1, -0.05) is 12.1 Å². The first kappa shape index (κ1) is 16.0. The maximum Gasteiger partial charge on any atom is 0.138 e. The highest BCUT2D eigenvalue weighted by atomic mass is 16.5. The number of hydrogen-bond acceptors (Lipinski definition) is 5. The lowest BCUT2D eigenvalue weighted by Gasteiger charge is -2.19. The zero-order valence-electron chi connectivity index (χ0n) is 14.2. The molecule has 0 saturated carbocycles. The Hall–Kier alpha value is -2.51. The van der Waals surface area contributed by atoms with Crippen molar-refractivity contribution in [1.29, 1.82) is 0 Å². The Kier molecular flexibility index (Phi) is 4.58. The Bertz CT molecular complexity index is 795. The molecule has 1 aliphatic heterocycles. The molecule has 2 atom stereocenters. The van der Waals surface area contributed by atoms with Crippen LogP contribution >= 0.6 is 0 Å². The fourth-order valence-corrected chi connectivity index (χ4v) is 3.34. The molecule has 7 nitrogen and oxygen atoms in total. The molecule has 0 aliphatic carbocycles. The first-order valence-electron chi connectivity index (χ1n) is 8.55. The molecule has 0 bridgehead atoms. The number of rotatable bonds is 6. The van der Waals surface area contributed by atoms with Crippen molar-refractivity contribution in [3.63, 3.8) is 0 Å². The van der Waals surface area contributed by atoms with Crippen LogP contribution in [0.4, 0.5) is 0 Å². The van der Waals surface area contributed by atoms with Gasteiger partial charge in [-0.3, -0.25) is 4.68 Å². The molecular weight excluding hydrogens is 316 g/mol. The van der Waals surface area contributed by atoms with E-state index in [1.165, 1.54) is 11.9 Å². The summed E-state index contributed by atoms with van der Waals surface area (Å²) in [6, 6.07) is 10.4. The van der Waals surface area contributed by atoms with E-state index in [2.05, 4.69) is 44.8 Å². The second-order valence-electron chi connectivity index (χ2n) is 6.36. The van der Waals surface area contributed by atoms with E-state index < -0.39 is 0 Å². The van der Waals surface area contributed by atoms with Crippen molar-refractivity contribution >= 4 is 0 Å². The van der Waals surface area contributed by atoms with Crippen LogP contribution in [0.25, 0.3) is 5.69 Å². The third-order valence-electron chi connectivity index (χ3n) is 4.72. The minimum atomic E-state index is 0.134. The second-order valence-corrected chi connectivity index (χ2v) is 6.36. The van der Waals surface area contributed by atoms with Gasteiger partial charge in [-0.15, -0.1) is 0 Å². The van der Waals surface area contributed by atoms with Gasteiger partial charge in [0.25, 0.3) is 0 Å².